The Morgan fingerprint density at radius 3 is 2.75 bits per heavy atom. The van der Waals surface area contributed by atoms with Crippen LogP contribution in [0, 0.1) is 0 Å². The molecule has 0 aromatic rings. The Morgan fingerprint density at radius 2 is 2.10 bits per heavy atom. The highest BCUT2D eigenvalue weighted by Gasteiger charge is 2.29. The molecule has 4 nitrogen and oxygen atoms in total. The number of amides is 1. The maximum atomic E-state index is 12.0. The van der Waals surface area contributed by atoms with E-state index < -0.39 is 9.84 Å². The molecule has 1 fully saturated rings. The van der Waals surface area contributed by atoms with Crippen molar-refractivity contribution in [3.63, 3.8) is 0 Å². The fourth-order valence-electron chi connectivity index (χ4n) is 3.22. The second-order valence-electron chi connectivity index (χ2n) is 6.17. The number of allylic oxidation sites excluding steroid dienone is 1. The quantitative estimate of drug-likeness (QED) is 0.811. The molecule has 114 valence electrons. The number of hydrogen-bond donors (Lipinski definition) is 1. The van der Waals surface area contributed by atoms with E-state index in [4.69, 9.17) is 0 Å². The van der Waals surface area contributed by atoms with Crippen LogP contribution in [0.15, 0.2) is 11.6 Å². The predicted octanol–water partition coefficient (Wildman–Crippen LogP) is 2.35. The summed E-state index contributed by atoms with van der Waals surface area (Å²) in [6.07, 6.45) is 11.6. The fraction of sp³-hybridized carbons (Fsp3) is 0.800. The van der Waals surface area contributed by atoms with Gasteiger partial charge in [0.15, 0.2) is 0 Å². The van der Waals surface area contributed by atoms with Crippen LogP contribution in [-0.4, -0.2) is 31.9 Å². The summed E-state index contributed by atoms with van der Waals surface area (Å²) in [7, 11) is -2.98. The Bertz CT molecular complexity index is 481. The average Bonchev–Trinajstić information content (AvgIpc) is 2.39. The van der Waals surface area contributed by atoms with Gasteiger partial charge in [-0.3, -0.25) is 4.79 Å². The van der Waals surface area contributed by atoms with Crippen LogP contribution in [-0.2, 0) is 14.6 Å². The molecule has 0 heterocycles. The zero-order valence-corrected chi connectivity index (χ0v) is 13.0. The maximum Gasteiger partial charge on any atom is 0.224 e. The highest BCUT2D eigenvalue weighted by atomic mass is 32.2. The van der Waals surface area contributed by atoms with Crippen molar-refractivity contribution < 1.29 is 13.2 Å². The number of sulfone groups is 1. The van der Waals surface area contributed by atoms with E-state index >= 15 is 0 Å². The van der Waals surface area contributed by atoms with Crippen molar-refractivity contribution >= 4 is 15.7 Å². The fourth-order valence-corrected chi connectivity index (χ4v) is 4.39. The summed E-state index contributed by atoms with van der Waals surface area (Å²) in [5.41, 5.74) is 1.24. The van der Waals surface area contributed by atoms with Crippen molar-refractivity contribution in [2.24, 2.45) is 0 Å². The Morgan fingerprint density at radius 1 is 1.30 bits per heavy atom. The number of hydrogen-bond acceptors (Lipinski definition) is 3. The zero-order valence-electron chi connectivity index (χ0n) is 12.2. The van der Waals surface area contributed by atoms with Crippen molar-refractivity contribution in [1.82, 2.24) is 5.32 Å². The van der Waals surface area contributed by atoms with Gasteiger partial charge in [0.2, 0.25) is 5.91 Å². The topological polar surface area (TPSA) is 63.2 Å². The molecule has 2 unspecified atom stereocenters. The van der Waals surface area contributed by atoms with Gasteiger partial charge in [0.05, 0.1) is 5.25 Å². The molecule has 0 aromatic carbocycles. The first-order valence-corrected chi connectivity index (χ1v) is 9.57. The number of nitrogens with one attached hydrogen (secondary N) is 1. The van der Waals surface area contributed by atoms with Crippen molar-refractivity contribution in [2.75, 3.05) is 6.26 Å². The monoisotopic (exact) mass is 299 g/mol. The van der Waals surface area contributed by atoms with Gasteiger partial charge in [0.1, 0.15) is 9.84 Å². The van der Waals surface area contributed by atoms with E-state index in [1.54, 1.807) is 0 Å². The van der Waals surface area contributed by atoms with Gasteiger partial charge in [-0.25, -0.2) is 8.42 Å². The van der Waals surface area contributed by atoms with Gasteiger partial charge >= 0.3 is 0 Å². The molecule has 2 rings (SSSR count). The molecule has 2 aliphatic rings. The van der Waals surface area contributed by atoms with Crippen LogP contribution < -0.4 is 5.32 Å². The van der Waals surface area contributed by atoms with Crippen LogP contribution >= 0.6 is 0 Å². The first-order valence-electron chi connectivity index (χ1n) is 7.61. The van der Waals surface area contributed by atoms with Crippen LogP contribution in [0.3, 0.4) is 0 Å². The van der Waals surface area contributed by atoms with E-state index in [-0.39, 0.29) is 17.2 Å². The number of carbonyl (C=O) groups excluding carboxylic acids is 1. The summed E-state index contributed by atoms with van der Waals surface area (Å²) in [4.78, 5) is 12.0. The second kappa shape index (κ2) is 6.74. The van der Waals surface area contributed by atoms with Gasteiger partial charge in [0.25, 0.3) is 0 Å². The Balaban J connectivity index is 1.83. The molecular weight excluding hydrogens is 274 g/mol. The minimum Gasteiger partial charge on any atom is -0.353 e. The van der Waals surface area contributed by atoms with Crippen LogP contribution in [0.4, 0.5) is 0 Å². The summed E-state index contributed by atoms with van der Waals surface area (Å²) in [5, 5.41) is 2.74. The average molecular weight is 299 g/mol. The third-order valence-electron chi connectivity index (χ3n) is 4.37. The van der Waals surface area contributed by atoms with Gasteiger partial charge < -0.3 is 5.32 Å². The van der Waals surface area contributed by atoms with Crippen LogP contribution in [0.25, 0.3) is 0 Å². The third-order valence-corrected chi connectivity index (χ3v) is 6.01. The summed E-state index contributed by atoms with van der Waals surface area (Å²) in [6.45, 7) is 0. The summed E-state index contributed by atoms with van der Waals surface area (Å²) < 4.78 is 23.2. The molecule has 0 bridgehead atoms. The Kier molecular flexibility index (Phi) is 5.24. The van der Waals surface area contributed by atoms with Gasteiger partial charge in [-0.2, -0.15) is 0 Å². The standard InChI is InChI=1S/C15H25NO3S/c1-20(18,19)14-9-5-8-13(11-14)16-15(17)10-12-6-3-2-4-7-12/h6,13-14H,2-5,7-11H2,1H3,(H,16,17). The lowest BCUT2D eigenvalue weighted by Gasteiger charge is -2.28. The SMILES string of the molecule is CS(=O)(=O)C1CCCC(NC(=O)CC2=CCCCC2)C1. The molecule has 1 saturated carbocycles. The number of carbonyl (C=O) groups is 1. The molecule has 0 spiro atoms. The van der Waals surface area contributed by atoms with E-state index in [2.05, 4.69) is 11.4 Å². The minimum absolute atomic E-state index is 0.0279. The van der Waals surface area contributed by atoms with Gasteiger partial charge in [-0.05, 0) is 44.9 Å². The molecular formula is C15H25NO3S. The highest BCUT2D eigenvalue weighted by molar-refractivity contribution is 7.91. The molecule has 5 heteroatoms. The van der Waals surface area contributed by atoms with Crippen molar-refractivity contribution in [3.05, 3.63) is 11.6 Å². The highest BCUT2D eigenvalue weighted by Crippen LogP contribution is 2.25. The lowest BCUT2D eigenvalue weighted by molar-refractivity contribution is -0.121. The molecule has 1 N–H and O–H groups in total. The first kappa shape index (κ1) is 15.5. The third kappa shape index (κ3) is 4.62. The van der Waals surface area contributed by atoms with Gasteiger partial charge in [-0.15, -0.1) is 0 Å². The largest absolute Gasteiger partial charge is 0.353 e. The predicted molar refractivity (Wildman–Crippen MR) is 80.2 cm³/mol. The molecule has 20 heavy (non-hydrogen) atoms. The van der Waals surface area contributed by atoms with Crippen molar-refractivity contribution in [3.8, 4) is 0 Å². The van der Waals surface area contributed by atoms with Gasteiger partial charge in [-0.1, -0.05) is 18.1 Å². The normalized spacial score (nSPS) is 27.8. The lowest BCUT2D eigenvalue weighted by Crippen LogP contribution is -2.41. The van der Waals surface area contributed by atoms with E-state index in [9.17, 15) is 13.2 Å². The zero-order chi connectivity index (χ0) is 14.6. The number of rotatable bonds is 4. The van der Waals surface area contributed by atoms with Crippen LogP contribution in [0.1, 0.15) is 57.8 Å². The molecule has 2 atom stereocenters. The summed E-state index contributed by atoms with van der Waals surface area (Å²) >= 11 is 0. The van der Waals surface area contributed by atoms with E-state index in [0.717, 1.165) is 32.1 Å². The van der Waals surface area contributed by atoms with Gasteiger partial charge in [0, 0.05) is 18.7 Å². The molecule has 0 aliphatic heterocycles. The molecule has 1 amide bonds. The van der Waals surface area contributed by atoms with Crippen molar-refractivity contribution in [1.29, 1.82) is 0 Å². The maximum absolute atomic E-state index is 12.0. The van der Waals surface area contributed by atoms with Crippen molar-refractivity contribution in [2.45, 2.75) is 69.1 Å². The van der Waals surface area contributed by atoms with E-state index in [1.165, 1.54) is 24.7 Å². The molecule has 2 aliphatic carbocycles. The van der Waals surface area contributed by atoms with E-state index in [0.29, 0.717) is 12.8 Å². The van der Waals surface area contributed by atoms with E-state index in [1.807, 2.05) is 0 Å². The summed E-state index contributed by atoms with van der Waals surface area (Å²) in [6, 6.07) is 0.0279. The first-order chi connectivity index (χ1) is 9.45. The van der Waals surface area contributed by atoms with Crippen LogP contribution in [0.5, 0.6) is 0 Å². The Labute approximate surface area is 121 Å². The molecule has 0 radical (unpaired) electrons. The minimum atomic E-state index is -2.98. The molecule has 0 aromatic heterocycles. The Hall–Kier alpha value is -0.840. The molecule has 0 saturated heterocycles. The summed E-state index contributed by atoms with van der Waals surface area (Å²) in [5.74, 6) is 0.0531. The second-order valence-corrected chi connectivity index (χ2v) is 8.49. The smallest absolute Gasteiger partial charge is 0.224 e. The van der Waals surface area contributed by atoms with Crippen LogP contribution in [0.2, 0.25) is 0 Å². The lowest BCUT2D eigenvalue weighted by atomic mass is 9.94.